The van der Waals surface area contributed by atoms with Crippen LogP contribution in [0.1, 0.15) is 24.8 Å². The Morgan fingerprint density at radius 3 is 3.00 bits per heavy atom. The number of hydrogen-bond donors (Lipinski definition) is 1. The van der Waals surface area contributed by atoms with Crippen LogP contribution in [-0.2, 0) is 11.2 Å². The second-order valence-electron chi connectivity index (χ2n) is 4.58. The highest BCUT2D eigenvalue weighted by atomic mass is 35.5. The van der Waals surface area contributed by atoms with Gasteiger partial charge in [-0.3, -0.25) is 0 Å². The second kappa shape index (κ2) is 5.80. The van der Waals surface area contributed by atoms with Crippen LogP contribution in [-0.4, -0.2) is 18.8 Å². The average Bonchev–Trinajstić information content (AvgIpc) is 2.76. The van der Waals surface area contributed by atoms with E-state index in [0.717, 1.165) is 31.4 Å². The molecule has 2 atom stereocenters. The third-order valence-electron chi connectivity index (χ3n) is 3.07. The van der Waals surface area contributed by atoms with E-state index in [1.54, 1.807) is 12.1 Å². The first kappa shape index (κ1) is 12.8. The zero-order valence-electron chi connectivity index (χ0n) is 9.66. The summed E-state index contributed by atoms with van der Waals surface area (Å²) in [7, 11) is 0. The molecule has 94 valence electrons. The summed E-state index contributed by atoms with van der Waals surface area (Å²) in [6.45, 7) is 0.847. The average molecular weight is 258 g/mol. The standard InChI is InChI=1S/C13H17ClFNO/c14-12-7-9(3-4-13(12)15)6-10(16)8-11-2-1-5-17-11/h3-4,7,10-11H,1-2,5-6,8,16H2. The van der Waals surface area contributed by atoms with E-state index in [4.69, 9.17) is 22.1 Å². The molecular weight excluding hydrogens is 241 g/mol. The molecule has 1 fully saturated rings. The van der Waals surface area contributed by atoms with Crippen molar-refractivity contribution in [1.29, 1.82) is 0 Å². The molecular formula is C13H17ClFNO. The lowest BCUT2D eigenvalue weighted by molar-refractivity contribution is 0.0983. The SMILES string of the molecule is NC(Cc1ccc(F)c(Cl)c1)CC1CCCO1. The fourth-order valence-corrected chi connectivity index (χ4v) is 2.42. The van der Waals surface area contributed by atoms with Gasteiger partial charge < -0.3 is 10.5 Å². The maximum atomic E-state index is 13.0. The van der Waals surface area contributed by atoms with Crippen LogP contribution >= 0.6 is 11.6 Å². The van der Waals surface area contributed by atoms with Gasteiger partial charge in [0.25, 0.3) is 0 Å². The summed E-state index contributed by atoms with van der Waals surface area (Å²) in [4.78, 5) is 0. The van der Waals surface area contributed by atoms with Crippen molar-refractivity contribution in [3.8, 4) is 0 Å². The zero-order valence-corrected chi connectivity index (χ0v) is 10.4. The maximum Gasteiger partial charge on any atom is 0.141 e. The van der Waals surface area contributed by atoms with Gasteiger partial charge in [0.15, 0.2) is 0 Å². The Morgan fingerprint density at radius 1 is 1.53 bits per heavy atom. The van der Waals surface area contributed by atoms with Crippen LogP contribution in [0, 0.1) is 5.82 Å². The number of rotatable bonds is 4. The van der Waals surface area contributed by atoms with E-state index in [0.29, 0.717) is 12.5 Å². The topological polar surface area (TPSA) is 35.2 Å². The fraction of sp³-hybridized carbons (Fsp3) is 0.538. The van der Waals surface area contributed by atoms with Crippen LogP contribution in [0.3, 0.4) is 0 Å². The highest BCUT2D eigenvalue weighted by Gasteiger charge is 2.19. The molecule has 2 N–H and O–H groups in total. The minimum absolute atomic E-state index is 0.0413. The van der Waals surface area contributed by atoms with Crippen molar-refractivity contribution in [2.45, 2.75) is 37.8 Å². The van der Waals surface area contributed by atoms with Gasteiger partial charge >= 0.3 is 0 Å². The van der Waals surface area contributed by atoms with E-state index in [1.807, 2.05) is 0 Å². The second-order valence-corrected chi connectivity index (χ2v) is 4.99. The van der Waals surface area contributed by atoms with Crippen LogP contribution in [0.5, 0.6) is 0 Å². The molecule has 17 heavy (non-hydrogen) atoms. The third kappa shape index (κ3) is 3.66. The summed E-state index contributed by atoms with van der Waals surface area (Å²) in [5.41, 5.74) is 7.03. The molecule has 0 saturated carbocycles. The molecule has 1 aromatic carbocycles. The van der Waals surface area contributed by atoms with E-state index in [2.05, 4.69) is 0 Å². The quantitative estimate of drug-likeness (QED) is 0.900. The molecule has 1 aliphatic heterocycles. The highest BCUT2D eigenvalue weighted by Crippen LogP contribution is 2.20. The minimum Gasteiger partial charge on any atom is -0.378 e. The summed E-state index contributed by atoms with van der Waals surface area (Å²) in [5, 5.41) is 0.159. The first-order valence-electron chi connectivity index (χ1n) is 5.96. The van der Waals surface area contributed by atoms with Crippen LogP contribution in [0.4, 0.5) is 4.39 Å². The lowest BCUT2D eigenvalue weighted by Gasteiger charge is -2.16. The Balaban J connectivity index is 1.88. The van der Waals surface area contributed by atoms with Crippen molar-refractivity contribution >= 4 is 11.6 Å². The Hall–Kier alpha value is -0.640. The molecule has 0 spiro atoms. The Labute approximate surface area is 106 Å². The van der Waals surface area contributed by atoms with Gasteiger partial charge in [-0.15, -0.1) is 0 Å². The third-order valence-corrected chi connectivity index (χ3v) is 3.36. The lowest BCUT2D eigenvalue weighted by atomic mass is 10.0. The van der Waals surface area contributed by atoms with Crippen LogP contribution in [0.25, 0.3) is 0 Å². The molecule has 1 saturated heterocycles. The van der Waals surface area contributed by atoms with Crippen LogP contribution in [0.15, 0.2) is 18.2 Å². The molecule has 2 nitrogen and oxygen atoms in total. The molecule has 1 heterocycles. The smallest absolute Gasteiger partial charge is 0.141 e. The lowest BCUT2D eigenvalue weighted by Crippen LogP contribution is -2.28. The van der Waals surface area contributed by atoms with Gasteiger partial charge in [0.05, 0.1) is 11.1 Å². The van der Waals surface area contributed by atoms with Crippen molar-refractivity contribution in [1.82, 2.24) is 0 Å². The van der Waals surface area contributed by atoms with Gasteiger partial charge in [-0.1, -0.05) is 17.7 Å². The first-order chi connectivity index (χ1) is 8.15. The van der Waals surface area contributed by atoms with Crippen molar-refractivity contribution in [3.63, 3.8) is 0 Å². The largest absolute Gasteiger partial charge is 0.378 e. The van der Waals surface area contributed by atoms with E-state index < -0.39 is 0 Å². The van der Waals surface area contributed by atoms with Gasteiger partial charge in [-0.25, -0.2) is 4.39 Å². The maximum absolute atomic E-state index is 13.0. The van der Waals surface area contributed by atoms with Gasteiger partial charge in [0, 0.05) is 12.6 Å². The van der Waals surface area contributed by atoms with Gasteiger partial charge in [-0.05, 0) is 43.4 Å². The zero-order chi connectivity index (χ0) is 12.3. The number of benzene rings is 1. The predicted octanol–water partition coefficient (Wildman–Crippen LogP) is 2.92. The molecule has 0 aromatic heterocycles. The van der Waals surface area contributed by atoms with Gasteiger partial charge in [-0.2, -0.15) is 0 Å². The van der Waals surface area contributed by atoms with Crippen molar-refractivity contribution in [2.24, 2.45) is 5.73 Å². The molecule has 0 amide bonds. The number of hydrogen-bond acceptors (Lipinski definition) is 2. The van der Waals surface area contributed by atoms with Crippen molar-refractivity contribution < 1.29 is 9.13 Å². The molecule has 1 aromatic rings. The summed E-state index contributed by atoms with van der Waals surface area (Å²) in [6, 6.07) is 4.80. The molecule has 2 unspecified atom stereocenters. The van der Waals surface area contributed by atoms with Crippen molar-refractivity contribution in [3.05, 3.63) is 34.6 Å². The van der Waals surface area contributed by atoms with E-state index in [1.165, 1.54) is 6.07 Å². The number of halogens is 2. The van der Waals surface area contributed by atoms with Gasteiger partial charge in [0.2, 0.25) is 0 Å². The Kier molecular flexibility index (Phi) is 4.37. The normalized spacial score (nSPS) is 21.7. The van der Waals surface area contributed by atoms with Crippen LogP contribution in [0.2, 0.25) is 5.02 Å². The molecule has 0 radical (unpaired) electrons. The highest BCUT2D eigenvalue weighted by molar-refractivity contribution is 6.30. The number of nitrogens with two attached hydrogens (primary N) is 1. The molecule has 4 heteroatoms. The van der Waals surface area contributed by atoms with Crippen LogP contribution < -0.4 is 5.73 Å². The minimum atomic E-state index is -0.386. The molecule has 0 bridgehead atoms. The van der Waals surface area contributed by atoms with E-state index in [-0.39, 0.29) is 16.9 Å². The summed E-state index contributed by atoms with van der Waals surface area (Å²) in [6.07, 6.45) is 4.08. The summed E-state index contributed by atoms with van der Waals surface area (Å²) < 4.78 is 18.5. The Morgan fingerprint density at radius 2 is 2.35 bits per heavy atom. The Bertz CT molecular complexity index is 380. The predicted molar refractivity (Wildman–Crippen MR) is 66.7 cm³/mol. The molecule has 0 aliphatic carbocycles. The first-order valence-corrected chi connectivity index (χ1v) is 6.34. The number of ether oxygens (including phenoxy) is 1. The van der Waals surface area contributed by atoms with Crippen molar-refractivity contribution in [2.75, 3.05) is 6.61 Å². The molecule has 2 rings (SSSR count). The van der Waals surface area contributed by atoms with Gasteiger partial charge in [0.1, 0.15) is 5.82 Å². The van der Waals surface area contributed by atoms with E-state index in [9.17, 15) is 4.39 Å². The monoisotopic (exact) mass is 257 g/mol. The fourth-order valence-electron chi connectivity index (χ4n) is 2.22. The summed E-state index contributed by atoms with van der Waals surface area (Å²) >= 11 is 5.73. The molecule has 1 aliphatic rings. The van der Waals surface area contributed by atoms with E-state index >= 15 is 0 Å². The summed E-state index contributed by atoms with van der Waals surface area (Å²) in [5.74, 6) is -0.386.